The summed E-state index contributed by atoms with van der Waals surface area (Å²) >= 11 is 0. The van der Waals surface area contributed by atoms with E-state index < -0.39 is 24.0 Å². The molecule has 7 nitrogen and oxygen atoms in total. The molecule has 0 fully saturated rings. The molecule has 0 atom stereocenters. The summed E-state index contributed by atoms with van der Waals surface area (Å²) < 4.78 is 14.9. The summed E-state index contributed by atoms with van der Waals surface area (Å²) in [6, 6.07) is 0. The molecule has 0 aliphatic rings. The van der Waals surface area contributed by atoms with Crippen LogP contribution in [-0.2, 0) is 33.4 Å². The van der Waals surface area contributed by atoms with Crippen LogP contribution in [0.5, 0.6) is 0 Å². The Morgan fingerprint density at radius 3 is 2.15 bits per heavy atom. The third kappa shape index (κ3) is 12.8. The number of allylic oxidation sites excluding steroid dienone is 1. The first-order valence-corrected chi connectivity index (χ1v) is 9.36. The second-order valence-corrected chi connectivity index (χ2v) is 6.84. The SMILES string of the molecule is C=CC(=O)CCCOC(=O)COC(=O)CCCCCOC(=O)C(C)(C)CC. The van der Waals surface area contributed by atoms with Crippen LogP contribution in [0.25, 0.3) is 0 Å². The maximum absolute atomic E-state index is 11.8. The Bertz CT molecular complexity index is 508. The summed E-state index contributed by atoms with van der Waals surface area (Å²) in [5, 5.41) is 0. The molecule has 0 aromatic rings. The van der Waals surface area contributed by atoms with Crippen molar-refractivity contribution in [1.82, 2.24) is 0 Å². The smallest absolute Gasteiger partial charge is 0.344 e. The van der Waals surface area contributed by atoms with Gasteiger partial charge in [-0.25, -0.2) is 4.79 Å². The molecular weight excluding hydrogens is 352 g/mol. The van der Waals surface area contributed by atoms with E-state index in [4.69, 9.17) is 14.2 Å². The molecule has 27 heavy (non-hydrogen) atoms. The van der Waals surface area contributed by atoms with E-state index >= 15 is 0 Å². The van der Waals surface area contributed by atoms with E-state index in [2.05, 4.69) is 6.58 Å². The highest BCUT2D eigenvalue weighted by molar-refractivity contribution is 5.88. The zero-order chi connectivity index (χ0) is 20.7. The lowest BCUT2D eigenvalue weighted by Gasteiger charge is -2.20. The molecule has 0 spiro atoms. The number of ketones is 1. The van der Waals surface area contributed by atoms with Crippen molar-refractivity contribution in [2.24, 2.45) is 5.41 Å². The van der Waals surface area contributed by atoms with Crippen molar-refractivity contribution in [3.05, 3.63) is 12.7 Å². The monoisotopic (exact) mass is 384 g/mol. The first-order chi connectivity index (χ1) is 12.7. The highest BCUT2D eigenvalue weighted by Crippen LogP contribution is 2.21. The van der Waals surface area contributed by atoms with Crippen molar-refractivity contribution in [3.63, 3.8) is 0 Å². The number of esters is 3. The number of hydrogen-bond donors (Lipinski definition) is 0. The van der Waals surface area contributed by atoms with Gasteiger partial charge in [0.05, 0.1) is 18.6 Å². The molecule has 0 rings (SSSR count). The fourth-order valence-electron chi connectivity index (χ4n) is 1.84. The van der Waals surface area contributed by atoms with Crippen molar-refractivity contribution >= 4 is 23.7 Å². The van der Waals surface area contributed by atoms with Gasteiger partial charge < -0.3 is 14.2 Å². The molecule has 154 valence electrons. The third-order valence-electron chi connectivity index (χ3n) is 4.10. The largest absolute Gasteiger partial charge is 0.465 e. The molecular formula is C20H32O7. The fourth-order valence-corrected chi connectivity index (χ4v) is 1.84. The van der Waals surface area contributed by atoms with Gasteiger partial charge in [0.1, 0.15) is 0 Å². The zero-order valence-corrected chi connectivity index (χ0v) is 16.7. The van der Waals surface area contributed by atoms with Gasteiger partial charge in [0, 0.05) is 12.8 Å². The summed E-state index contributed by atoms with van der Waals surface area (Å²) in [5.41, 5.74) is -0.473. The topological polar surface area (TPSA) is 96.0 Å². The first-order valence-electron chi connectivity index (χ1n) is 9.36. The maximum Gasteiger partial charge on any atom is 0.344 e. The van der Waals surface area contributed by atoms with Crippen molar-refractivity contribution in [2.45, 2.75) is 65.7 Å². The number of carbonyl (C=O) groups is 4. The quantitative estimate of drug-likeness (QED) is 0.185. The zero-order valence-electron chi connectivity index (χ0n) is 16.7. The van der Waals surface area contributed by atoms with Gasteiger partial charge in [0.25, 0.3) is 0 Å². The first kappa shape index (κ1) is 24.8. The molecule has 0 aliphatic heterocycles. The second kappa shape index (κ2) is 13.9. The van der Waals surface area contributed by atoms with E-state index in [-0.39, 0.29) is 31.2 Å². The van der Waals surface area contributed by atoms with Gasteiger partial charge in [-0.1, -0.05) is 13.5 Å². The Balaban J connectivity index is 3.64. The van der Waals surface area contributed by atoms with Gasteiger partial charge in [-0.15, -0.1) is 0 Å². The van der Waals surface area contributed by atoms with Crippen LogP contribution < -0.4 is 0 Å². The van der Waals surface area contributed by atoms with Crippen LogP contribution in [0.3, 0.4) is 0 Å². The number of carbonyl (C=O) groups excluding carboxylic acids is 4. The van der Waals surface area contributed by atoms with Crippen LogP contribution in [0.4, 0.5) is 0 Å². The third-order valence-corrected chi connectivity index (χ3v) is 4.10. The average Bonchev–Trinajstić information content (AvgIpc) is 2.65. The summed E-state index contributed by atoms with van der Waals surface area (Å²) in [5.74, 6) is -1.43. The van der Waals surface area contributed by atoms with Gasteiger partial charge in [-0.05, 0) is 52.0 Å². The number of unbranched alkanes of at least 4 members (excludes halogenated alkanes) is 2. The molecule has 0 saturated carbocycles. The lowest BCUT2D eigenvalue weighted by atomic mass is 9.91. The molecule has 0 aromatic carbocycles. The Morgan fingerprint density at radius 2 is 1.52 bits per heavy atom. The normalized spacial score (nSPS) is 10.8. The van der Waals surface area contributed by atoms with Gasteiger partial charge in [-0.2, -0.15) is 0 Å². The van der Waals surface area contributed by atoms with Gasteiger partial charge in [0.2, 0.25) is 0 Å². The Hall–Kier alpha value is -2.18. The standard InChI is InChI=1S/C20H32O7/c1-5-16(21)11-10-14-25-18(23)15-27-17(22)12-8-7-9-13-26-19(24)20(3,4)6-2/h5H,1,6-15H2,2-4H3. The van der Waals surface area contributed by atoms with Crippen LogP contribution in [0.15, 0.2) is 12.7 Å². The van der Waals surface area contributed by atoms with E-state index in [1.807, 2.05) is 20.8 Å². The van der Waals surface area contributed by atoms with Gasteiger partial charge in [-0.3, -0.25) is 14.4 Å². The van der Waals surface area contributed by atoms with Gasteiger partial charge >= 0.3 is 17.9 Å². The van der Waals surface area contributed by atoms with Crippen molar-refractivity contribution < 1.29 is 33.4 Å². The average molecular weight is 384 g/mol. The summed E-state index contributed by atoms with van der Waals surface area (Å²) in [7, 11) is 0. The molecule has 0 radical (unpaired) electrons. The van der Waals surface area contributed by atoms with Gasteiger partial charge in [0.15, 0.2) is 12.4 Å². The van der Waals surface area contributed by atoms with E-state index in [1.54, 1.807) is 0 Å². The highest BCUT2D eigenvalue weighted by atomic mass is 16.6. The van der Waals surface area contributed by atoms with Crippen molar-refractivity contribution in [2.75, 3.05) is 19.8 Å². The predicted octanol–water partition coefficient (Wildman–Crippen LogP) is 3.15. The molecule has 0 aromatic heterocycles. The Morgan fingerprint density at radius 1 is 0.852 bits per heavy atom. The summed E-state index contributed by atoms with van der Waals surface area (Å²) in [6.07, 6.45) is 4.78. The second-order valence-electron chi connectivity index (χ2n) is 6.84. The minimum Gasteiger partial charge on any atom is -0.465 e. The molecule has 0 amide bonds. The van der Waals surface area contributed by atoms with Crippen LogP contribution in [0.2, 0.25) is 0 Å². The number of rotatable bonds is 15. The van der Waals surface area contributed by atoms with Crippen LogP contribution >= 0.6 is 0 Å². The van der Waals surface area contributed by atoms with E-state index in [0.29, 0.717) is 32.3 Å². The highest BCUT2D eigenvalue weighted by Gasteiger charge is 2.26. The van der Waals surface area contributed by atoms with Crippen LogP contribution in [0.1, 0.15) is 65.7 Å². The fraction of sp³-hybridized carbons (Fsp3) is 0.700. The molecule has 0 unspecified atom stereocenters. The number of hydrogen-bond acceptors (Lipinski definition) is 7. The molecule has 7 heteroatoms. The van der Waals surface area contributed by atoms with E-state index in [1.165, 1.54) is 6.08 Å². The lowest BCUT2D eigenvalue weighted by molar-refractivity contribution is -0.159. The Kier molecular flexibility index (Phi) is 12.8. The van der Waals surface area contributed by atoms with Crippen LogP contribution in [-0.4, -0.2) is 43.5 Å². The van der Waals surface area contributed by atoms with E-state index in [9.17, 15) is 19.2 Å². The summed E-state index contributed by atoms with van der Waals surface area (Å²) in [4.78, 5) is 45.7. The molecule has 0 aliphatic carbocycles. The van der Waals surface area contributed by atoms with Crippen molar-refractivity contribution in [1.29, 1.82) is 0 Å². The van der Waals surface area contributed by atoms with E-state index in [0.717, 1.165) is 6.42 Å². The molecule has 0 heterocycles. The predicted molar refractivity (Wildman–Crippen MR) is 99.9 cm³/mol. The van der Waals surface area contributed by atoms with Crippen LogP contribution in [0, 0.1) is 5.41 Å². The lowest BCUT2D eigenvalue weighted by Crippen LogP contribution is -2.26. The maximum atomic E-state index is 11.8. The number of ether oxygens (including phenoxy) is 3. The molecule has 0 bridgehead atoms. The minimum absolute atomic E-state index is 0.101. The van der Waals surface area contributed by atoms with Crippen molar-refractivity contribution in [3.8, 4) is 0 Å². The Labute approximate surface area is 161 Å². The molecule has 0 saturated heterocycles. The minimum atomic E-state index is -0.639. The molecule has 0 N–H and O–H groups in total. The summed E-state index contributed by atoms with van der Waals surface area (Å²) in [6.45, 7) is 8.97.